The van der Waals surface area contributed by atoms with Crippen molar-refractivity contribution < 1.29 is 63.0 Å². The standard InChI is InChI=1S/C17H26N2O6.C10H17NO5.C7H11NO2.CH4.H4P2.H3P/c1-6-10-8-17(10,14(22)24-5)18-13(21)12-7-11(20)9-19(12)15(23)25-16(2,3)4;1-10(2,3)16-9(15)11-5-6(12)4-7(11)8(13)14;1-3-5-4-7(5,8)6(9)10-2;;1-2;/h6,10-12,20H,1,7-9H2,2-5H3,(H,18,21);6-7,12H,4-5H2,1-3H3,(H,13,14);3,5H,1,4,8H2,2H3;1H4;1-2H2;1H3/t10-,11+,12+,17-;6-,7-;5-,7-;;;/m101.../s1. The highest BCUT2D eigenvalue weighted by atomic mass is 32.0. The van der Waals surface area contributed by atoms with Gasteiger partial charge in [0.15, 0.2) is 0 Å². The molecule has 17 nitrogen and oxygen atoms in total. The zero-order valence-electron chi connectivity index (χ0n) is 32.5. The van der Waals surface area contributed by atoms with E-state index in [9.17, 15) is 39.0 Å². The van der Waals surface area contributed by atoms with Crippen molar-refractivity contribution in [3.63, 3.8) is 0 Å². The second kappa shape index (κ2) is 22.1. The molecule has 2 aliphatic carbocycles. The number of ether oxygens (including phenoxy) is 4. The Morgan fingerprint density at radius 1 is 0.782 bits per heavy atom. The first-order valence-corrected chi connectivity index (χ1v) is 19.5. The molecular weight excluding hydrogens is 777 g/mol. The van der Waals surface area contributed by atoms with Gasteiger partial charge in [0.25, 0.3) is 0 Å². The van der Waals surface area contributed by atoms with Crippen LogP contribution in [-0.2, 0) is 38.1 Å². The first-order valence-electron chi connectivity index (χ1n) is 16.8. The van der Waals surface area contributed by atoms with E-state index in [1.165, 1.54) is 19.1 Å². The number of carbonyl (C=O) groups excluding carboxylic acids is 5. The number of β-amino-alcohol motifs (C(OH)–C–C–N with tert-alkyl or cyclic N) is 2. The molecular formula is C35H65N4O13P3. The Bertz CT molecular complexity index is 1380. The minimum absolute atomic E-state index is 0. The van der Waals surface area contributed by atoms with E-state index in [1.54, 1.807) is 53.7 Å². The Balaban J connectivity index is 0. The molecule has 55 heavy (non-hydrogen) atoms. The number of nitrogens with one attached hydrogen (secondary N) is 1. The molecule has 2 saturated carbocycles. The smallest absolute Gasteiger partial charge is 0.411 e. The summed E-state index contributed by atoms with van der Waals surface area (Å²) in [7, 11) is 7.26. The van der Waals surface area contributed by atoms with Crippen molar-refractivity contribution in [1.82, 2.24) is 15.1 Å². The van der Waals surface area contributed by atoms with E-state index in [0.29, 0.717) is 12.8 Å². The average Bonchev–Trinajstić information content (AvgIpc) is 3.83. The van der Waals surface area contributed by atoms with Crippen LogP contribution < -0.4 is 11.1 Å². The summed E-state index contributed by atoms with van der Waals surface area (Å²) >= 11 is 0. The summed E-state index contributed by atoms with van der Waals surface area (Å²) in [6, 6.07) is -1.90. The van der Waals surface area contributed by atoms with Crippen LogP contribution in [-0.4, -0.2) is 135 Å². The van der Waals surface area contributed by atoms with Gasteiger partial charge in [0.2, 0.25) is 5.91 Å². The summed E-state index contributed by atoms with van der Waals surface area (Å²) in [5.41, 5.74) is 2.33. The van der Waals surface area contributed by atoms with Crippen LogP contribution >= 0.6 is 27.8 Å². The molecule has 4 aliphatic rings. The third-order valence-electron chi connectivity index (χ3n) is 8.51. The highest BCUT2D eigenvalue weighted by Crippen LogP contribution is 2.45. The molecule has 0 aromatic carbocycles. The predicted molar refractivity (Wildman–Crippen MR) is 218 cm³/mol. The van der Waals surface area contributed by atoms with Gasteiger partial charge in [0.05, 0.1) is 39.5 Å². The minimum Gasteiger partial charge on any atom is -0.480 e. The number of aliphatic hydroxyl groups is 2. The number of nitrogens with two attached hydrogens (primary N) is 1. The number of amides is 3. The molecule has 2 heterocycles. The Morgan fingerprint density at radius 3 is 1.51 bits per heavy atom. The maximum atomic E-state index is 12.7. The van der Waals surface area contributed by atoms with E-state index >= 15 is 0 Å². The lowest BCUT2D eigenvalue weighted by Crippen LogP contribution is -2.53. The van der Waals surface area contributed by atoms with Gasteiger partial charge in [-0.25, -0.2) is 19.2 Å². The lowest BCUT2D eigenvalue weighted by Gasteiger charge is -2.28. The number of carboxylic acid groups (broad SMARTS) is 1. The van der Waals surface area contributed by atoms with Crippen LogP contribution in [0, 0.1) is 11.8 Å². The molecule has 2 saturated heterocycles. The molecule has 3 unspecified atom stereocenters. The van der Waals surface area contributed by atoms with Gasteiger partial charge in [-0.3, -0.25) is 19.4 Å². The topological polar surface area (TPSA) is 245 Å². The maximum Gasteiger partial charge on any atom is 0.411 e. The van der Waals surface area contributed by atoms with Crippen LogP contribution in [0.1, 0.15) is 74.7 Å². The summed E-state index contributed by atoms with van der Waals surface area (Å²) < 4.78 is 19.6. The Hall–Kier alpha value is -2.93. The highest BCUT2D eigenvalue weighted by Gasteiger charge is 2.62. The second-order valence-corrected chi connectivity index (χ2v) is 15.0. The zero-order valence-corrected chi connectivity index (χ0v) is 36.3. The monoisotopic (exact) mass is 842 g/mol. The first kappa shape index (κ1) is 54.2. The third kappa shape index (κ3) is 15.2. The predicted octanol–water partition coefficient (Wildman–Crippen LogP) is 2.44. The van der Waals surface area contributed by atoms with Crippen LogP contribution in [0.15, 0.2) is 25.3 Å². The normalized spacial score (nSPS) is 28.5. The summed E-state index contributed by atoms with van der Waals surface area (Å²) in [5.74, 6) is -2.63. The van der Waals surface area contributed by atoms with Crippen molar-refractivity contribution >= 4 is 63.8 Å². The van der Waals surface area contributed by atoms with Crippen LogP contribution in [0.4, 0.5) is 9.59 Å². The van der Waals surface area contributed by atoms with Crippen LogP contribution in [0.3, 0.4) is 0 Å². The number of hydrogen-bond acceptors (Lipinski definition) is 13. The third-order valence-corrected chi connectivity index (χ3v) is 8.51. The van der Waals surface area contributed by atoms with Crippen molar-refractivity contribution in [3.8, 4) is 0 Å². The van der Waals surface area contributed by atoms with Crippen LogP contribution in [0.5, 0.6) is 0 Å². The summed E-state index contributed by atoms with van der Waals surface area (Å²) in [4.78, 5) is 72.7. The summed E-state index contributed by atoms with van der Waals surface area (Å²) in [6.07, 6.45) is 1.49. The van der Waals surface area contributed by atoms with Gasteiger partial charge in [-0.15, -0.1) is 31.0 Å². The number of likely N-dealkylation sites (tertiary alicyclic amines) is 2. The van der Waals surface area contributed by atoms with Crippen LogP contribution in [0.25, 0.3) is 0 Å². The molecule has 3 amide bonds. The maximum absolute atomic E-state index is 12.7. The molecule has 2 aliphatic heterocycles. The largest absolute Gasteiger partial charge is 0.480 e. The fourth-order valence-electron chi connectivity index (χ4n) is 5.67. The molecule has 0 aromatic rings. The second-order valence-electron chi connectivity index (χ2n) is 15.0. The van der Waals surface area contributed by atoms with E-state index in [1.807, 2.05) is 0 Å². The Labute approximate surface area is 332 Å². The molecule has 0 aromatic heterocycles. The molecule has 6 N–H and O–H groups in total. The fourth-order valence-corrected chi connectivity index (χ4v) is 5.67. The van der Waals surface area contributed by atoms with Gasteiger partial charge in [-0.05, 0) is 54.4 Å². The number of nitrogens with zero attached hydrogens (tertiary/aromatic N) is 2. The lowest BCUT2D eigenvalue weighted by molar-refractivity contribution is -0.147. The quantitative estimate of drug-likeness (QED) is 0.107. The van der Waals surface area contributed by atoms with Crippen molar-refractivity contribution in [1.29, 1.82) is 0 Å². The number of carboxylic acids is 1. The number of esters is 2. The van der Waals surface area contributed by atoms with E-state index in [-0.39, 0.29) is 61.1 Å². The number of methoxy groups -OCH3 is 2. The van der Waals surface area contributed by atoms with Crippen molar-refractivity contribution in [2.24, 2.45) is 17.6 Å². The highest BCUT2D eigenvalue weighted by molar-refractivity contribution is 7.92. The molecule has 318 valence electrons. The molecule has 0 bridgehead atoms. The zero-order chi connectivity index (χ0) is 41.3. The van der Waals surface area contributed by atoms with Gasteiger partial charge >= 0.3 is 30.1 Å². The van der Waals surface area contributed by atoms with E-state index in [2.05, 4.69) is 41.1 Å². The van der Waals surface area contributed by atoms with Gasteiger partial charge in [0.1, 0.15) is 34.4 Å². The molecule has 0 spiro atoms. The van der Waals surface area contributed by atoms with E-state index in [0.717, 1.165) is 4.90 Å². The summed E-state index contributed by atoms with van der Waals surface area (Å²) in [5, 5.41) is 30.8. The number of carbonyl (C=O) groups is 6. The average molecular weight is 843 g/mol. The fraction of sp³-hybridized carbons (Fsp3) is 0.714. The Morgan fingerprint density at radius 2 is 1.18 bits per heavy atom. The molecule has 4 fully saturated rings. The molecule has 0 radical (unpaired) electrons. The number of rotatable bonds is 7. The SMILES string of the molecule is C.C=C[C@@H]1C[C@]1(N)C(=O)OC.C=C[C@@H]1C[C@]1(NC(=O)[C@@H]1C[C@H](O)CN1C(=O)OC(C)(C)C)C(=O)OC.CC(C)(C)OC(=O)N1C[C@@H](O)C[C@H]1C(=O)O.P.PP. The number of aliphatic hydroxyl groups excluding tert-OH is 2. The lowest BCUT2D eigenvalue weighted by atomic mass is 10.1. The minimum atomic E-state index is -1.14. The van der Waals surface area contributed by atoms with Crippen molar-refractivity contribution in [2.75, 3.05) is 27.3 Å². The number of hydrogen-bond donors (Lipinski definition) is 5. The number of aliphatic carboxylic acids is 1. The Kier molecular flexibility index (Phi) is 21.8. The molecule has 4 rings (SSSR count). The summed E-state index contributed by atoms with van der Waals surface area (Å²) in [6.45, 7) is 17.5. The van der Waals surface area contributed by atoms with Gasteiger partial charge in [0, 0.05) is 24.7 Å². The van der Waals surface area contributed by atoms with Crippen molar-refractivity contribution in [2.45, 2.75) is 121 Å². The van der Waals surface area contributed by atoms with E-state index < -0.39 is 76.6 Å². The van der Waals surface area contributed by atoms with Gasteiger partial charge < -0.3 is 45.3 Å². The van der Waals surface area contributed by atoms with Gasteiger partial charge in [-0.2, -0.15) is 9.90 Å². The van der Waals surface area contributed by atoms with Crippen molar-refractivity contribution in [3.05, 3.63) is 25.3 Å². The van der Waals surface area contributed by atoms with E-state index in [4.69, 9.17) is 25.1 Å². The van der Waals surface area contributed by atoms with Gasteiger partial charge in [-0.1, -0.05) is 19.6 Å². The first-order chi connectivity index (χ1) is 24.4. The molecule has 20 heteroatoms. The molecule has 11 atom stereocenters. The van der Waals surface area contributed by atoms with Crippen LogP contribution in [0.2, 0.25) is 0 Å².